The molecule has 1 N–H and O–H groups in total. The van der Waals surface area contributed by atoms with Crippen molar-refractivity contribution in [1.29, 1.82) is 0 Å². The first-order valence-electron chi connectivity index (χ1n) is 9.57. The lowest BCUT2D eigenvalue weighted by atomic mass is 9.97. The predicted molar refractivity (Wildman–Crippen MR) is 107 cm³/mol. The topological polar surface area (TPSA) is 49.0 Å². The number of nitrogens with zero attached hydrogens (tertiary/aromatic N) is 2. The molecule has 1 aliphatic carbocycles. The maximum atomic E-state index is 12.8. The summed E-state index contributed by atoms with van der Waals surface area (Å²) in [5.74, 6) is 0.787. The summed E-state index contributed by atoms with van der Waals surface area (Å²) in [5, 5.41) is 0.850. The Kier molecular flexibility index (Phi) is 3.85. The lowest BCUT2D eigenvalue weighted by Gasteiger charge is -2.31. The van der Waals surface area contributed by atoms with Crippen molar-refractivity contribution in [3.63, 3.8) is 0 Å². The van der Waals surface area contributed by atoms with E-state index in [0.717, 1.165) is 48.3 Å². The van der Waals surface area contributed by atoms with E-state index in [-0.39, 0.29) is 5.56 Å². The Morgan fingerprint density at radius 2 is 2.08 bits per heavy atom. The Labute approximate surface area is 156 Å². The molecular formula is C21H23N3OS. The van der Waals surface area contributed by atoms with Crippen LogP contribution in [0.25, 0.3) is 10.2 Å². The second-order valence-corrected chi connectivity index (χ2v) is 8.64. The summed E-state index contributed by atoms with van der Waals surface area (Å²) >= 11 is 1.73. The van der Waals surface area contributed by atoms with Gasteiger partial charge in [0.1, 0.15) is 10.7 Å². The van der Waals surface area contributed by atoms with Gasteiger partial charge in [0, 0.05) is 17.1 Å². The molecule has 134 valence electrons. The van der Waals surface area contributed by atoms with Gasteiger partial charge in [0.15, 0.2) is 0 Å². The number of hydrogen-bond donors (Lipinski definition) is 1. The molecule has 5 rings (SSSR count). The minimum atomic E-state index is 0.0468. The Balaban J connectivity index is 1.52. The Bertz CT molecular complexity index is 1050. The number of fused-ring (bicyclic) bond motifs is 4. The van der Waals surface area contributed by atoms with E-state index in [4.69, 9.17) is 4.98 Å². The molecule has 4 nitrogen and oxygen atoms in total. The van der Waals surface area contributed by atoms with E-state index in [1.165, 1.54) is 40.1 Å². The summed E-state index contributed by atoms with van der Waals surface area (Å²) in [5.41, 5.74) is 5.31. The highest BCUT2D eigenvalue weighted by Gasteiger charge is 2.22. The number of aromatic amines is 1. The molecule has 1 aromatic carbocycles. The van der Waals surface area contributed by atoms with Crippen molar-refractivity contribution in [2.75, 3.05) is 11.4 Å². The van der Waals surface area contributed by atoms with Crippen LogP contribution < -0.4 is 10.5 Å². The SMILES string of the molecule is Cc1ccc2c(c1)CCCN2Cc1nc2sc3c(c2c(=O)[nH]1)CCCC3. The van der Waals surface area contributed by atoms with Crippen LogP contribution in [0.1, 0.15) is 46.7 Å². The molecule has 0 saturated heterocycles. The summed E-state index contributed by atoms with van der Waals surface area (Å²) < 4.78 is 0. The third-order valence-corrected chi connectivity index (χ3v) is 6.85. The number of nitrogens with one attached hydrogen (secondary N) is 1. The van der Waals surface area contributed by atoms with Gasteiger partial charge in [-0.1, -0.05) is 17.7 Å². The fraction of sp³-hybridized carbons (Fsp3) is 0.429. The zero-order valence-electron chi connectivity index (χ0n) is 15.1. The van der Waals surface area contributed by atoms with Gasteiger partial charge in [-0.25, -0.2) is 4.98 Å². The highest BCUT2D eigenvalue weighted by Crippen LogP contribution is 2.34. The van der Waals surface area contributed by atoms with E-state index in [1.54, 1.807) is 11.3 Å². The number of benzene rings is 1. The molecule has 0 spiro atoms. The van der Waals surface area contributed by atoms with Gasteiger partial charge in [-0.2, -0.15) is 0 Å². The summed E-state index contributed by atoms with van der Waals surface area (Å²) in [4.78, 5) is 25.3. The molecule has 2 aliphatic rings. The van der Waals surface area contributed by atoms with Gasteiger partial charge in [0.05, 0.1) is 11.9 Å². The normalized spacial score (nSPS) is 16.6. The molecule has 0 bridgehead atoms. The van der Waals surface area contributed by atoms with Crippen molar-refractivity contribution in [3.8, 4) is 0 Å². The Hall–Kier alpha value is -2.14. The van der Waals surface area contributed by atoms with Crippen LogP contribution in [0, 0.1) is 6.92 Å². The molecule has 0 fully saturated rings. The minimum absolute atomic E-state index is 0.0468. The molecule has 0 atom stereocenters. The molecule has 2 aromatic heterocycles. The first-order valence-corrected chi connectivity index (χ1v) is 10.4. The predicted octanol–water partition coefficient (Wildman–Crippen LogP) is 4.12. The first-order chi connectivity index (χ1) is 12.7. The number of rotatable bonds is 2. The number of aromatic nitrogens is 2. The fourth-order valence-corrected chi connectivity index (χ4v) is 5.71. The maximum absolute atomic E-state index is 12.8. The number of hydrogen-bond acceptors (Lipinski definition) is 4. The lowest BCUT2D eigenvalue weighted by molar-refractivity contribution is 0.674. The second kappa shape index (κ2) is 6.23. The van der Waals surface area contributed by atoms with Crippen LogP contribution in [0.15, 0.2) is 23.0 Å². The Morgan fingerprint density at radius 1 is 1.19 bits per heavy atom. The Morgan fingerprint density at radius 3 is 3.00 bits per heavy atom. The summed E-state index contributed by atoms with van der Waals surface area (Å²) in [6, 6.07) is 6.67. The van der Waals surface area contributed by atoms with Gasteiger partial charge < -0.3 is 9.88 Å². The van der Waals surface area contributed by atoms with Crippen molar-refractivity contribution in [1.82, 2.24) is 9.97 Å². The van der Waals surface area contributed by atoms with Crippen LogP contribution >= 0.6 is 11.3 Å². The van der Waals surface area contributed by atoms with E-state index in [2.05, 4.69) is 35.0 Å². The maximum Gasteiger partial charge on any atom is 0.259 e. The molecule has 3 aromatic rings. The van der Waals surface area contributed by atoms with Crippen molar-refractivity contribution in [3.05, 3.63) is 55.9 Å². The van der Waals surface area contributed by atoms with Crippen LogP contribution in [0.3, 0.4) is 0 Å². The fourth-order valence-electron chi connectivity index (χ4n) is 4.43. The number of H-pyrrole nitrogens is 1. The smallest absolute Gasteiger partial charge is 0.259 e. The van der Waals surface area contributed by atoms with Crippen LogP contribution in [0.4, 0.5) is 5.69 Å². The lowest BCUT2D eigenvalue weighted by Crippen LogP contribution is -2.30. The van der Waals surface area contributed by atoms with Crippen LogP contribution in [0.2, 0.25) is 0 Å². The van der Waals surface area contributed by atoms with Crippen molar-refractivity contribution in [2.24, 2.45) is 0 Å². The average Bonchev–Trinajstić information content (AvgIpc) is 3.00. The molecule has 0 radical (unpaired) electrons. The van der Waals surface area contributed by atoms with Crippen LogP contribution in [0.5, 0.6) is 0 Å². The molecule has 1 aliphatic heterocycles. The van der Waals surface area contributed by atoms with E-state index < -0.39 is 0 Å². The van der Waals surface area contributed by atoms with Crippen LogP contribution in [-0.2, 0) is 25.8 Å². The van der Waals surface area contributed by atoms with Gasteiger partial charge >= 0.3 is 0 Å². The number of thiophene rings is 1. The standard InChI is InChI=1S/C21H23N3OS/c1-13-8-9-16-14(11-13)5-4-10-24(16)12-18-22-20(25)19-15-6-2-3-7-17(15)26-21(19)23-18/h8-9,11H,2-7,10,12H2,1H3,(H,22,23,25). The summed E-state index contributed by atoms with van der Waals surface area (Å²) in [6.45, 7) is 3.83. The highest BCUT2D eigenvalue weighted by molar-refractivity contribution is 7.18. The number of aryl methyl sites for hydroxylation is 4. The zero-order valence-corrected chi connectivity index (χ0v) is 15.9. The third kappa shape index (κ3) is 2.65. The van der Waals surface area contributed by atoms with Crippen LogP contribution in [-0.4, -0.2) is 16.5 Å². The van der Waals surface area contributed by atoms with Crippen molar-refractivity contribution >= 4 is 27.2 Å². The number of anilines is 1. The van der Waals surface area contributed by atoms with E-state index >= 15 is 0 Å². The van der Waals surface area contributed by atoms with Gasteiger partial charge in [-0.3, -0.25) is 4.79 Å². The van der Waals surface area contributed by atoms with Crippen molar-refractivity contribution < 1.29 is 0 Å². The monoisotopic (exact) mass is 365 g/mol. The molecule has 5 heteroatoms. The molecule has 0 unspecified atom stereocenters. The van der Waals surface area contributed by atoms with E-state index in [9.17, 15) is 4.79 Å². The summed E-state index contributed by atoms with van der Waals surface area (Å²) in [7, 11) is 0. The molecule has 0 amide bonds. The average molecular weight is 366 g/mol. The molecule has 0 saturated carbocycles. The molecule has 3 heterocycles. The largest absolute Gasteiger partial charge is 0.364 e. The van der Waals surface area contributed by atoms with Gasteiger partial charge in [-0.05, 0) is 62.6 Å². The quantitative estimate of drug-likeness (QED) is 0.743. The minimum Gasteiger partial charge on any atom is -0.364 e. The second-order valence-electron chi connectivity index (χ2n) is 7.56. The zero-order chi connectivity index (χ0) is 17.7. The molecule has 26 heavy (non-hydrogen) atoms. The van der Waals surface area contributed by atoms with Gasteiger partial charge in [0.25, 0.3) is 5.56 Å². The first kappa shape index (κ1) is 16.1. The van der Waals surface area contributed by atoms with E-state index in [0.29, 0.717) is 6.54 Å². The van der Waals surface area contributed by atoms with Gasteiger partial charge in [0.2, 0.25) is 0 Å². The highest BCUT2D eigenvalue weighted by atomic mass is 32.1. The summed E-state index contributed by atoms with van der Waals surface area (Å²) in [6.07, 6.45) is 6.82. The van der Waals surface area contributed by atoms with E-state index in [1.807, 2.05) is 0 Å². The van der Waals surface area contributed by atoms with Crippen molar-refractivity contribution in [2.45, 2.75) is 52.0 Å². The third-order valence-electron chi connectivity index (χ3n) is 5.66. The van der Waals surface area contributed by atoms with Gasteiger partial charge in [-0.15, -0.1) is 11.3 Å². The molecular weight excluding hydrogens is 342 g/mol.